The van der Waals surface area contributed by atoms with E-state index in [1.54, 1.807) is 12.1 Å². The number of hydrogen-bond acceptors (Lipinski definition) is 5. The molecule has 0 radical (unpaired) electrons. The number of morpholine rings is 1. The Labute approximate surface area is 142 Å². The Balaban J connectivity index is 1.94. The standard InChI is InChI=1S/C16H24F2N2O3S/c1-12-10-20(11-13(2)23-12)9-8-19(3)14-4-6-15(7-5-14)24(21,22)16(17)18/h4-7,12-13,16H,8-11H2,1-3H3/t12-,13+. The van der Waals surface area contributed by atoms with Gasteiger partial charge in [0, 0.05) is 38.9 Å². The van der Waals surface area contributed by atoms with Crippen LogP contribution in [0.3, 0.4) is 0 Å². The molecule has 0 aromatic heterocycles. The lowest BCUT2D eigenvalue weighted by Gasteiger charge is -2.36. The molecule has 0 N–H and O–H groups in total. The molecule has 136 valence electrons. The van der Waals surface area contributed by atoms with E-state index in [9.17, 15) is 17.2 Å². The van der Waals surface area contributed by atoms with E-state index in [1.807, 2.05) is 11.9 Å². The quantitative estimate of drug-likeness (QED) is 0.777. The summed E-state index contributed by atoms with van der Waals surface area (Å²) in [5, 5.41) is 0. The molecule has 0 spiro atoms. The molecule has 0 unspecified atom stereocenters. The highest BCUT2D eigenvalue weighted by Gasteiger charge is 2.26. The summed E-state index contributed by atoms with van der Waals surface area (Å²) in [7, 11) is -2.64. The first kappa shape index (κ1) is 19.1. The van der Waals surface area contributed by atoms with E-state index in [4.69, 9.17) is 4.74 Å². The molecule has 1 aliphatic rings. The SMILES string of the molecule is C[C@@H]1CN(CCN(C)c2ccc(S(=O)(=O)C(F)F)cc2)C[C@H](C)O1. The fourth-order valence-electron chi connectivity index (χ4n) is 2.88. The smallest absolute Gasteiger partial charge is 0.341 e. The van der Waals surface area contributed by atoms with Crippen LogP contribution in [-0.4, -0.2) is 64.5 Å². The van der Waals surface area contributed by atoms with Crippen molar-refractivity contribution in [3.63, 3.8) is 0 Å². The van der Waals surface area contributed by atoms with Crippen LogP contribution in [0.4, 0.5) is 14.5 Å². The summed E-state index contributed by atoms with van der Waals surface area (Å²) in [5.74, 6) is -3.40. The van der Waals surface area contributed by atoms with Gasteiger partial charge in [-0.3, -0.25) is 4.90 Å². The monoisotopic (exact) mass is 362 g/mol. The van der Waals surface area contributed by atoms with E-state index in [0.717, 1.165) is 31.9 Å². The molecular formula is C16H24F2N2O3S. The van der Waals surface area contributed by atoms with Gasteiger partial charge >= 0.3 is 5.76 Å². The van der Waals surface area contributed by atoms with E-state index < -0.39 is 15.6 Å². The maximum absolute atomic E-state index is 12.5. The number of alkyl halides is 2. The van der Waals surface area contributed by atoms with Gasteiger partial charge in [-0.15, -0.1) is 0 Å². The summed E-state index contributed by atoms with van der Waals surface area (Å²) in [4.78, 5) is 3.94. The number of halogens is 2. The minimum atomic E-state index is -4.54. The van der Waals surface area contributed by atoms with Crippen LogP contribution in [0.5, 0.6) is 0 Å². The Hall–Kier alpha value is -1.25. The van der Waals surface area contributed by atoms with Gasteiger partial charge in [0.1, 0.15) is 0 Å². The number of hydrogen-bond donors (Lipinski definition) is 0. The molecule has 0 bridgehead atoms. The maximum atomic E-state index is 12.5. The summed E-state index contributed by atoms with van der Waals surface area (Å²) in [5.41, 5.74) is 0.789. The van der Waals surface area contributed by atoms with Crippen LogP contribution in [0.1, 0.15) is 13.8 Å². The van der Waals surface area contributed by atoms with Crippen LogP contribution in [-0.2, 0) is 14.6 Å². The van der Waals surface area contributed by atoms with Crippen LogP contribution in [0.25, 0.3) is 0 Å². The average Bonchev–Trinajstić information content (AvgIpc) is 2.51. The topological polar surface area (TPSA) is 49.9 Å². The molecule has 1 fully saturated rings. The van der Waals surface area contributed by atoms with Crippen molar-refractivity contribution in [1.29, 1.82) is 0 Å². The summed E-state index contributed by atoms with van der Waals surface area (Å²) < 4.78 is 53.6. The van der Waals surface area contributed by atoms with Crippen molar-refractivity contribution < 1.29 is 21.9 Å². The Morgan fingerprint density at radius 2 is 1.75 bits per heavy atom. The van der Waals surface area contributed by atoms with Crippen molar-refractivity contribution in [2.75, 3.05) is 38.1 Å². The van der Waals surface area contributed by atoms with Crippen LogP contribution in [0.2, 0.25) is 0 Å². The van der Waals surface area contributed by atoms with Crippen LogP contribution in [0.15, 0.2) is 29.2 Å². The molecule has 1 aliphatic heterocycles. The molecular weight excluding hydrogens is 338 g/mol. The van der Waals surface area contributed by atoms with E-state index in [0.29, 0.717) is 0 Å². The molecule has 2 rings (SSSR count). The number of benzene rings is 1. The minimum absolute atomic E-state index is 0.206. The third kappa shape index (κ3) is 4.64. The van der Waals surface area contributed by atoms with Gasteiger partial charge in [0.15, 0.2) is 0 Å². The number of nitrogens with zero attached hydrogens (tertiary/aromatic N) is 2. The van der Waals surface area contributed by atoms with Crippen molar-refractivity contribution in [3.05, 3.63) is 24.3 Å². The Kier molecular flexibility index (Phi) is 6.17. The summed E-state index contributed by atoms with van der Waals surface area (Å²) in [6.45, 7) is 7.46. The predicted octanol–water partition coefficient (Wildman–Crippen LogP) is 2.23. The highest BCUT2D eigenvalue weighted by atomic mass is 32.2. The van der Waals surface area contributed by atoms with E-state index in [2.05, 4.69) is 18.7 Å². The lowest BCUT2D eigenvalue weighted by molar-refractivity contribution is -0.0670. The maximum Gasteiger partial charge on any atom is 0.341 e. The summed E-state index contributed by atoms with van der Waals surface area (Å²) >= 11 is 0. The highest BCUT2D eigenvalue weighted by Crippen LogP contribution is 2.21. The van der Waals surface area contributed by atoms with Crippen molar-refractivity contribution >= 4 is 15.5 Å². The fraction of sp³-hybridized carbons (Fsp3) is 0.625. The first-order chi connectivity index (χ1) is 11.2. The van der Waals surface area contributed by atoms with Gasteiger partial charge in [-0.25, -0.2) is 8.42 Å². The largest absolute Gasteiger partial charge is 0.373 e. The minimum Gasteiger partial charge on any atom is -0.373 e. The van der Waals surface area contributed by atoms with Crippen molar-refractivity contribution in [2.24, 2.45) is 0 Å². The summed E-state index contributed by atoms with van der Waals surface area (Å²) in [6.07, 6.45) is 0.413. The number of anilines is 1. The van der Waals surface area contributed by atoms with E-state index >= 15 is 0 Å². The molecule has 0 saturated carbocycles. The molecule has 1 aromatic rings. The second-order valence-corrected chi connectivity index (χ2v) is 8.16. The van der Waals surface area contributed by atoms with Crippen molar-refractivity contribution in [2.45, 2.75) is 36.7 Å². The van der Waals surface area contributed by atoms with E-state index in [-0.39, 0.29) is 17.1 Å². The third-order valence-electron chi connectivity index (χ3n) is 4.09. The van der Waals surface area contributed by atoms with E-state index in [1.165, 1.54) is 12.1 Å². The third-order valence-corrected chi connectivity index (χ3v) is 5.49. The Morgan fingerprint density at radius 3 is 2.25 bits per heavy atom. The zero-order valence-electron chi connectivity index (χ0n) is 14.2. The highest BCUT2D eigenvalue weighted by molar-refractivity contribution is 7.91. The molecule has 5 nitrogen and oxygen atoms in total. The predicted molar refractivity (Wildman–Crippen MR) is 89.4 cm³/mol. The molecule has 0 aliphatic carbocycles. The number of ether oxygens (including phenoxy) is 1. The average molecular weight is 362 g/mol. The molecule has 0 amide bonds. The van der Waals surface area contributed by atoms with Crippen LogP contribution >= 0.6 is 0 Å². The van der Waals surface area contributed by atoms with Crippen LogP contribution < -0.4 is 4.90 Å². The lowest BCUT2D eigenvalue weighted by Crippen LogP contribution is -2.47. The van der Waals surface area contributed by atoms with Gasteiger partial charge in [-0.05, 0) is 38.1 Å². The number of likely N-dealkylation sites (N-methyl/N-ethyl adjacent to an activating group) is 1. The van der Waals surface area contributed by atoms with Crippen LogP contribution in [0, 0.1) is 0 Å². The molecule has 1 aromatic carbocycles. The number of rotatable bonds is 6. The zero-order chi connectivity index (χ0) is 17.9. The molecule has 24 heavy (non-hydrogen) atoms. The molecule has 1 heterocycles. The van der Waals surface area contributed by atoms with Crippen molar-refractivity contribution in [1.82, 2.24) is 4.90 Å². The Bertz CT molecular complexity index is 627. The number of sulfone groups is 1. The van der Waals surface area contributed by atoms with Gasteiger partial charge in [-0.2, -0.15) is 8.78 Å². The van der Waals surface area contributed by atoms with Gasteiger partial charge < -0.3 is 9.64 Å². The zero-order valence-corrected chi connectivity index (χ0v) is 15.0. The second-order valence-electron chi connectivity index (χ2n) is 6.24. The lowest BCUT2D eigenvalue weighted by atomic mass is 10.2. The van der Waals surface area contributed by atoms with Gasteiger partial charge in [0.05, 0.1) is 17.1 Å². The van der Waals surface area contributed by atoms with Gasteiger partial charge in [-0.1, -0.05) is 0 Å². The van der Waals surface area contributed by atoms with Gasteiger partial charge in [0.25, 0.3) is 0 Å². The van der Waals surface area contributed by atoms with Crippen molar-refractivity contribution in [3.8, 4) is 0 Å². The molecule has 2 atom stereocenters. The Morgan fingerprint density at radius 1 is 1.21 bits per heavy atom. The van der Waals surface area contributed by atoms with Gasteiger partial charge in [0.2, 0.25) is 9.84 Å². The fourth-order valence-corrected chi connectivity index (χ4v) is 3.60. The molecule has 8 heteroatoms. The normalized spacial score (nSPS) is 22.8. The molecule has 1 saturated heterocycles. The summed E-state index contributed by atoms with van der Waals surface area (Å²) in [6, 6.07) is 5.57. The first-order valence-corrected chi connectivity index (χ1v) is 9.46. The second kappa shape index (κ2) is 7.76. The first-order valence-electron chi connectivity index (χ1n) is 7.91.